The van der Waals surface area contributed by atoms with Gasteiger partial charge in [0.1, 0.15) is 5.75 Å². The number of benzene rings is 2. The van der Waals surface area contributed by atoms with E-state index in [9.17, 15) is 10.4 Å². The van der Waals surface area contributed by atoms with E-state index in [0.29, 0.717) is 41.5 Å². The second-order valence-corrected chi connectivity index (χ2v) is 9.24. The summed E-state index contributed by atoms with van der Waals surface area (Å²) in [5.41, 5.74) is 1.65. The zero-order chi connectivity index (χ0) is 24.2. The van der Waals surface area contributed by atoms with Gasteiger partial charge in [0, 0.05) is 29.4 Å². The van der Waals surface area contributed by atoms with Crippen LogP contribution in [0.25, 0.3) is 10.8 Å². The molecular weight excluding hydrogens is 450 g/mol. The molecule has 4 rings (SSSR count). The minimum Gasteiger partial charge on any atom is -0.495 e. The number of fused-ring (bicyclic) bond motifs is 1. The van der Waals surface area contributed by atoms with Gasteiger partial charge in [-0.2, -0.15) is 5.26 Å². The number of piperidine rings is 1. The van der Waals surface area contributed by atoms with E-state index < -0.39 is 0 Å². The van der Waals surface area contributed by atoms with Gasteiger partial charge in [0.15, 0.2) is 11.6 Å². The van der Waals surface area contributed by atoms with E-state index >= 15 is 0 Å². The summed E-state index contributed by atoms with van der Waals surface area (Å²) in [7, 11) is 1.60. The number of hydrogen-bond donors (Lipinski definition) is 2. The van der Waals surface area contributed by atoms with Crippen molar-refractivity contribution in [3.05, 3.63) is 52.5 Å². The molecule has 0 radical (unpaired) electrons. The zero-order valence-electron chi connectivity index (χ0n) is 19.8. The lowest BCUT2D eigenvalue weighted by atomic mass is 9.92. The highest BCUT2D eigenvalue weighted by molar-refractivity contribution is 6.32. The van der Waals surface area contributed by atoms with Crippen LogP contribution in [0.5, 0.6) is 5.75 Å². The van der Waals surface area contributed by atoms with Crippen LogP contribution in [-0.2, 0) is 6.42 Å². The first-order valence-corrected chi connectivity index (χ1v) is 12.1. The highest BCUT2D eigenvalue weighted by Crippen LogP contribution is 2.36. The average molecular weight is 480 g/mol. The zero-order valence-corrected chi connectivity index (χ0v) is 20.5. The number of rotatable bonds is 7. The van der Waals surface area contributed by atoms with Crippen molar-refractivity contribution in [3.8, 4) is 11.8 Å². The van der Waals surface area contributed by atoms with Gasteiger partial charge in [-0.25, -0.2) is 0 Å². The third kappa shape index (κ3) is 4.89. The van der Waals surface area contributed by atoms with Gasteiger partial charge in [-0.3, -0.25) is 0 Å². The largest absolute Gasteiger partial charge is 0.495 e. The molecule has 8 heteroatoms. The second kappa shape index (κ2) is 10.5. The van der Waals surface area contributed by atoms with Crippen molar-refractivity contribution in [2.24, 2.45) is 0 Å². The Labute approximate surface area is 205 Å². The maximum absolute atomic E-state index is 10.3. The van der Waals surface area contributed by atoms with Crippen LogP contribution in [0.2, 0.25) is 5.02 Å². The number of aliphatic hydroxyl groups is 1. The summed E-state index contributed by atoms with van der Waals surface area (Å²) in [6.07, 6.45) is 2.76. The van der Waals surface area contributed by atoms with Gasteiger partial charge in [0.05, 0.1) is 29.9 Å². The van der Waals surface area contributed by atoms with E-state index in [1.165, 1.54) is 0 Å². The van der Waals surface area contributed by atoms with Gasteiger partial charge >= 0.3 is 0 Å². The van der Waals surface area contributed by atoms with Crippen molar-refractivity contribution in [1.29, 1.82) is 5.26 Å². The van der Waals surface area contributed by atoms with Crippen molar-refractivity contribution < 1.29 is 9.84 Å². The Hall–Kier alpha value is -3.08. The molecular formula is C26H30ClN5O2. The Balaban J connectivity index is 1.63. The fourth-order valence-electron chi connectivity index (χ4n) is 4.86. The minimum atomic E-state index is -0.298. The number of nitriles is 1. The predicted octanol–water partition coefficient (Wildman–Crippen LogP) is 4.95. The quantitative estimate of drug-likeness (QED) is 0.495. The van der Waals surface area contributed by atoms with Crippen LogP contribution in [0.4, 0.5) is 11.6 Å². The molecule has 2 N–H and O–H groups in total. The Morgan fingerprint density at radius 2 is 2.03 bits per heavy atom. The molecule has 1 aliphatic heterocycles. The molecule has 0 amide bonds. The lowest BCUT2D eigenvalue weighted by molar-refractivity contribution is 0.111. The van der Waals surface area contributed by atoms with Crippen LogP contribution in [0.15, 0.2) is 36.4 Å². The molecule has 34 heavy (non-hydrogen) atoms. The normalized spacial score (nSPS) is 20.2. The minimum absolute atomic E-state index is 0.139. The van der Waals surface area contributed by atoms with Crippen molar-refractivity contribution in [1.82, 2.24) is 10.2 Å². The van der Waals surface area contributed by atoms with Crippen LogP contribution in [0, 0.1) is 11.3 Å². The second-order valence-electron chi connectivity index (χ2n) is 8.83. The smallest absolute Gasteiger partial charge is 0.159 e. The molecule has 3 unspecified atom stereocenters. The topological polar surface area (TPSA) is 94.3 Å². The van der Waals surface area contributed by atoms with Gasteiger partial charge in [0.2, 0.25) is 0 Å². The standard InChI is InChI=1S/C26H30ClN5O2/c1-4-19-14-20(33)11-16(2)32(19)26-21-7-5-18(15-28)12-22(21)25(30-31-26)29-10-9-17-6-8-24(34-3)23(27)13-17/h5-8,12-13,16,19-20,33H,4,9-11,14H2,1-3H3,(H,29,30). The molecule has 1 fully saturated rings. The van der Waals surface area contributed by atoms with E-state index in [-0.39, 0.29) is 18.2 Å². The monoisotopic (exact) mass is 479 g/mol. The summed E-state index contributed by atoms with van der Waals surface area (Å²) >= 11 is 6.25. The van der Waals surface area contributed by atoms with E-state index in [4.69, 9.17) is 16.3 Å². The Kier molecular flexibility index (Phi) is 7.40. The van der Waals surface area contributed by atoms with Crippen LogP contribution in [0.1, 0.15) is 44.2 Å². The number of nitrogens with one attached hydrogen (secondary N) is 1. The van der Waals surface area contributed by atoms with Gasteiger partial charge in [-0.15, -0.1) is 10.2 Å². The summed E-state index contributed by atoms with van der Waals surface area (Å²) in [4.78, 5) is 2.29. The highest BCUT2D eigenvalue weighted by atomic mass is 35.5. The van der Waals surface area contributed by atoms with E-state index in [2.05, 4.69) is 40.3 Å². The first-order valence-electron chi connectivity index (χ1n) is 11.7. The van der Waals surface area contributed by atoms with Crippen LogP contribution in [0.3, 0.4) is 0 Å². The first kappa shape index (κ1) is 24.1. The van der Waals surface area contributed by atoms with Crippen molar-refractivity contribution >= 4 is 34.0 Å². The molecule has 7 nitrogen and oxygen atoms in total. The van der Waals surface area contributed by atoms with Crippen LogP contribution >= 0.6 is 11.6 Å². The summed E-state index contributed by atoms with van der Waals surface area (Å²) in [5.74, 6) is 2.10. The van der Waals surface area contributed by atoms with Crippen molar-refractivity contribution in [3.63, 3.8) is 0 Å². The Morgan fingerprint density at radius 1 is 1.21 bits per heavy atom. The lowest BCUT2D eigenvalue weighted by Crippen LogP contribution is -2.50. The number of aliphatic hydroxyl groups excluding tert-OH is 1. The third-order valence-corrected chi connectivity index (χ3v) is 6.85. The van der Waals surface area contributed by atoms with Gasteiger partial charge < -0.3 is 20.1 Å². The molecule has 2 heterocycles. The van der Waals surface area contributed by atoms with Gasteiger partial charge in [-0.1, -0.05) is 24.6 Å². The number of anilines is 2. The van der Waals surface area contributed by atoms with E-state index in [1.54, 1.807) is 7.11 Å². The van der Waals surface area contributed by atoms with Gasteiger partial charge in [-0.05, 0) is 68.5 Å². The van der Waals surface area contributed by atoms with Gasteiger partial charge in [0.25, 0.3) is 0 Å². The van der Waals surface area contributed by atoms with E-state index in [1.807, 2.05) is 36.4 Å². The average Bonchev–Trinajstić information content (AvgIpc) is 2.83. The fourth-order valence-corrected chi connectivity index (χ4v) is 5.14. The molecule has 0 aliphatic carbocycles. The highest BCUT2D eigenvalue weighted by Gasteiger charge is 2.33. The molecule has 1 aliphatic rings. The molecule has 3 atom stereocenters. The fraction of sp³-hybridized carbons (Fsp3) is 0.423. The van der Waals surface area contributed by atoms with Crippen LogP contribution in [-0.4, -0.2) is 47.1 Å². The molecule has 1 saturated heterocycles. The molecule has 0 spiro atoms. The summed E-state index contributed by atoms with van der Waals surface area (Å²) in [6, 6.07) is 14.0. The number of aromatic nitrogens is 2. The maximum atomic E-state index is 10.3. The Bertz CT molecular complexity index is 1210. The predicted molar refractivity (Wildman–Crippen MR) is 136 cm³/mol. The maximum Gasteiger partial charge on any atom is 0.159 e. The summed E-state index contributed by atoms with van der Waals surface area (Å²) in [6.45, 7) is 4.88. The van der Waals surface area contributed by atoms with Crippen molar-refractivity contribution in [2.45, 2.75) is 57.7 Å². The third-order valence-electron chi connectivity index (χ3n) is 6.55. The number of hydrogen-bond acceptors (Lipinski definition) is 7. The molecule has 3 aromatic rings. The molecule has 0 saturated carbocycles. The summed E-state index contributed by atoms with van der Waals surface area (Å²) in [5, 5.41) is 34.7. The SMILES string of the molecule is CCC1CC(O)CC(C)N1c1nnc(NCCc2ccc(OC)c(Cl)c2)c2cc(C#N)ccc12. The number of nitrogens with zero attached hydrogens (tertiary/aromatic N) is 4. The van der Waals surface area contributed by atoms with E-state index in [0.717, 1.165) is 35.0 Å². The molecule has 0 bridgehead atoms. The number of ether oxygens (including phenoxy) is 1. The molecule has 178 valence electrons. The van der Waals surface area contributed by atoms with Crippen molar-refractivity contribution in [2.75, 3.05) is 23.9 Å². The number of halogens is 1. The molecule has 1 aromatic heterocycles. The summed E-state index contributed by atoms with van der Waals surface area (Å²) < 4.78 is 5.22. The lowest BCUT2D eigenvalue weighted by Gasteiger charge is -2.43. The first-order chi connectivity index (χ1) is 16.4. The Morgan fingerprint density at radius 3 is 2.74 bits per heavy atom. The molecule has 2 aromatic carbocycles. The number of methoxy groups -OCH3 is 1. The van der Waals surface area contributed by atoms with Crippen LogP contribution < -0.4 is 15.0 Å².